The Morgan fingerprint density at radius 3 is 2.55 bits per heavy atom. The molecule has 0 aliphatic carbocycles. The van der Waals surface area contributed by atoms with E-state index >= 15 is 0 Å². The number of hydrazine groups is 2. The van der Waals surface area contributed by atoms with Crippen LogP contribution in [0.3, 0.4) is 0 Å². The summed E-state index contributed by atoms with van der Waals surface area (Å²) in [5, 5.41) is 5.49. The molecule has 1 fully saturated rings. The number of hydrogen-bond donors (Lipinski definition) is 3. The number of amides is 3. The topological polar surface area (TPSA) is 141 Å². The Balaban J connectivity index is 1.35. The molecule has 15 heteroatoms. The molecule has 6 rings (SSSR count). The highest BCUT2D eigenvalue weighted by Gasteiger charge is 2.41. The summed E-state index contributed by atoms with van der Waals surface area (Å²) in [6, 6.07) is 12.7. The van der Waals surface area contributed by atoms with Crippen molar-refractivity contribution in [2.45, 2.75) is 64.1 Å². The van der Waals surface area contributed by atoms with Crippen molar-refractivity contribution in [2.24, 2.45) is 0 Å². The minimum atomic E-state index is -0.969. The lowest BCUT2D eigenvalue weighted by Gasteiger charge is -2.40. The van der Waals surface area contributed by atoms with Crippen LogP contribution in [-0.4, -0.2) is 63.6 Å². The van der Waals surface area contributed by atoms with E-state index in [-0.39, 0.29) is 24.6 Å². The first-order valence-corrected chi connectivity index (χ1v) is 16.9. The number of aromatic nitrogens is 2. The smallest absolute Gasteiger partial charge is 0.410 e. The fourth-order valence-corrected chi connectivity index (χ4v) is 6.52. The van der Waals surface area contributed by atoms with Gasteiger partial charge in [0.2, 0.25) is 11.8 Å². The number of fused-ring (bicyclic) bond motifs is 4. The van der Waals surface area contributed by atoms with Gasteiger partial charge in [-0.15, -0.1) is 5.53 Å². The van der Waals surface area contributed by atoms with E-state index in [1.807, 2.05) is 12.1 Å². The van der Waals surface area contributed by atoms with E-state index in [4.69, 9.17) is 32.9 Å². The molecule has 0 radical (unpaired) electrons. The maximum absolute atomic E-state index is 13.9. The van der Waals surface area contributed by atoms with E-state index in [0.717, 1.165) is 18.4 Å². The van der Waals surface area contributed by atoms with Crippen molar-refractivity contribution in [3.8, 4) is 11.3 Å². The van der Waals surface area contributed by atoms with Crippen LogP contribution in [0.2, 0.25) is 5.02 Å². The Bertz CT molecular complexity index is 1860. The lowest BCUT2D eigenvalue weighted by Crippen LogP contribution is -2.63. The molecule has 1 saturated heterocycles. The largest absolute Gasteiger partial charge is 0.444 e. The molecule has 0 saturated carbocycles. The number of piperazine rings is 1. The van der Waals surface area contributed by atoms with Crippen molar-refractivity contribution in [3.63, 3.8) is 0 Å². The molecule has 3 N–H and O–H groups in total. The van der Waals surface area contributed by atoms with Gasteiger partial charge >= 0.3 is 6.09 Å². The molecule has 2 aromatic carbocycles. The Morgan fingerprint density at radius 2 is 1.82 bits per heavy atom. The molecule has 1 aromatic heterocycles. The van der Waals surface area contributed by atoms with Crippen LogP contribution in [-0.2, 0) is 14.3 Å². The zero-order valence-corrected chi connectivity index (χ0v) is 28.9. The van der Waals surface area contributed by atoms with Gasteiger partial charge in [0, 0.05) is 28.9 Å². The van der Waals surface area contributed by atoms with Gasteiger partial charge in [-0.05, 0) is 69.5 Å². The highest BCUT2D eigenvalue weighted by atomic mass is 35.5. The van der Waals surface area contributed by atoms with Gasteiger partial charge in [0.1, 0.15) is 23.3 Å². The molecule has 3 aliphatic heterocycles. The van der Waals surface area contributed by atoms with Crippen molar-refractivity contribution in [3.05, 3.63) is 87.2 Å². The highest BCUT2D eigenvalue weighted by Crippen LogP contribution is 2.34. The lowest BCUT2D eigenvalue weighted by molar-refractivity contribution is -0.130. The predicted molar refractivity (Wildman–Crippen MR) is 187 cm³/mol. The van der Waals surface area contributed by atoms with Crippen LogP contribution in [0.4, 0.5) is 16.2 Å². The molecule has 4 heterocycles. The van der Waals surface area contributed by atoms with Crippen molar-refractivity contribution >= 4 is 52.5 Å². The standard InChI is InChI=1S/C34H38Cl2N8O5/c1-34(2,3)49-33(48)41-17-28-32(47)37-13-6-4-5-10-26(21-8-7-9-23(14-21)44(28)31(46)19-41)42-20-38-25(16-30(42)45)24-15-22(35)11-12-27(24)43-18-29(36)39-40-43/h7-9,11-12,14-16,18,20,26,28,39-40H,4-6,10,13,17,19H2,1-3H3,(H,37,47)/t26-,28+/m0/s1. The van der Waals surface area contributed by atoms with Crippen molar-refractivity contribution in [1.82, 2.24) is 30.7 Å². The Kier molecular flexibility index (Phi) is 9.87. The third kappa shape index (κ3) is 7.69. The van der Waals surface area contributed by atoms with Crippen LogP contribution in [0.1, 0.15) is 58.1 Å². The molecule has 13 nitrogen and oxygen atoms in total. The van der Waals surface area contributed by atoms with Crippen LogP contribution < -0.4 is 31.7 Å². The number of carbonyl (C=O) groups is 3. The fourth-order valence-electron chi connectivity index (χ4n) is 6.21. The minimum Gasteiger partial charge on any atom is -0.444 e. The van der Waals surface area contributed by atoms with Crippen LogP contribution in [0.25, 0.3) is 11.3 Å². The van der Waals surface area contributed by atoms with E-state index in [2.05, 4.69) is 16.3 Å². The molecule has 0 spiro atoms. The molecule has 3 aromatic rings. The molecule has 0 unspecified atom stereocenters. The number of halogens is 2. The third-order valence-corrected chi connectivity index (χ3v) is 8.87. The first-order chi connectivity index (χ1) is 23.4. The van der Waals surface area contributed by atoms with Crippen molar-refractivity contribution < 1.29 is 19.1 Å². The summed E-state index contributed by atoms with van der Waals surface area (Å²) >= 11 is 12.5. The zero-order valence-electron chi connectivity index (χ0n) is 27.4. The minimum absolute atomic E-state index is 0.0263. The van der Waals surface area contributed by atoms with Crippen LogP contribution >= 0.6 is 23.2 Å². The quantitative estimate of drug-likeness (QED) is 0.331. The van der Waals surface area contributed by atoms with Gasteiger partial charge in [-0.3, -0.25) is 39.2 Å². The summed E-state index contributed by atoms with van der Waals surface area (Å²) in [4.78, 5) is 61.4. The number of nitrogens with zero attached hydrogens (tertiary/aromatic N) is 5. The molecule has 3 amide bonds. The molecule has 3 aliphatic rings. The number of benzene rings is 2. The van der Waals surface area contributed by atoms with Gasteiger partial charge in [-0.1, -0.05) is 48.2 Å². The average Bonchev–Trinajstić information content (AvgIpc) is 3.49. The Labute approximate surface area is 293 Å². The van der Waals surface area contributed by atoms with Gasteiger partial charge in [-0.2, -0.15) is 0 Å². The number of nitrogens with one attached hydrogen (secondary N) is 3. The van der Waals surface area contributed by atoms with Crippen molar-refractivity contribution in [2.75, 3.05) is 29.5 Å². The van der Waals surface area contributed by atoms with E-state index in [1.165, 1.54) is 22.2 Å². The number of ether oxygens (including phenoxy) is 1. The molecular formula is C34H38Cl2N8O5. The summed E-state index contributed by atoms with van der Waals surface area (Å²) in [6.45, 7) is 5.38. The number of rotatable bonds is 3. The lowest BCUT2D eigenvalue weighted by atomic mass is 9.98. The molecule has 258 valence electrons. The van der Waals surface area contributed by atoms with Crippen LogP contribution in [0.15, 0.2) is 71.0 Å². The summed E-state index contributed by atoms with van der Waals surface area (Å²) in [5.41, 5.74) is 7.73. The maximum atomic E-state index is 13.9. The number of carbonyl (C=O) groups excluding carboxylic acids is 3. The SMILES string of the molecule is CC(C)(C)OC(=O)N1CC(=O)N2c3cccc(c3)[C@@H](n3cnc(-c4cc(Cl)ccc4N4C=C(Cl)NN4)cc3=O)CCCCCNC(=O)[C@H]2C1. The van der Waals surface area contributed by atoms with Gasteiger partial charge in [0.15, 0.2) is 0 Å². The average molecular weight is 710 g/mol. The normalized spacial score (nSPS) is 20.3. The predicted octanol–water partition coefficient (Wildman–Crippen LogP) is 4.66. The summed E-state index contributed by atoms with van der Waals surface area (Å²) in [7, 11) is 0. The summed E-state index contributed by atoms with van der Waals surface area (Å²) in [6.07, 6.45) is 5.44. The van der Waals surface area contributed by atoms with E-state index in [0.29, 0.717) is 52.2 Å². The fraction of sp³-hybridized carbons (Fsp3) is 0.382. The van der Waals surface area contributed by atoms with Gasteiger partial charge < -0.3 is 10.1 Å². The Morgan fingerprint density at radius 1 is 1.00 bits per heavy atom. The van der Waals surface area contributed by atoms with E-state index < -0.39 is 29.7 Å². The monoisotopic (exact) mass is 708 g/mol. The highest BCUT2D eigenvalue weighted by molar-refractivity contribution is 6.31. The first kappa shape index (κ1) is 34.3. The zero-order chi connectivity index (χ0) is 34.9. The summed E-state index contributed by atoms with van der Waals surface area (Å²) in [5.74, 6) is -0.767. The second-order valence-electron chi connectivity index (χ2n) is 13.2. The molecular weight excluding hydrogens is 671 g/mol. The van der Waals surface area contributed by atoms with Crippen LogP contribution in [0, 0.1) is 0 Å². The number of anilines is 2. The molecule has 2 atom stereocenters. The molecule has 2 bridgehead atoms. The Hall–Kier alpha value is -4.59. The summed E-state index contributed by atoms with van der Waals surface area (Å²) < 4.78 is 7.11. The number of hydrogen-bond acceptors (Lipinski definition) is 9. The second-order valence-corrected chi connectivity index (χ2v) is 14.0. The molecule has 49 heavy (non-hydrogen) atoms. The van der Waals surface area contributed by atoms with Gasteiger partial charge in [0.05, 0.1) is 36.5 Å². The first-order valence-electron chi connectivity index (χ1n) is 16.1. The van der Waals surface area contributed by atoms with Gasteiger partial charge in [-0.25, -0.2) is 9.78 Å². The second kappa shape index (κ2) is 14.1. The van der Waals surface area contributed by atoms with Gasteiger partial charge in [0.25, 0.3) is 5.56 Å². The van der Waals surface area contributed by atoms with E-state index in [1.54, 1.807) is 66.9 Å². The van der Waals surface area contributed by atoms with Crippen LogP contribution in [0.5, 0.6) is 0 Å². The maximum Gasteiger partial charge on any atom is 0.410 e. The van der Waals surface area contributed by atoms with E-state index in [9.17, 15) is 19.2 Å². The third-order valence-electron chi connectivity index (χ3n) is 8.44. The van der Waals surface area contributed by atoms with Crippen molar-refractivity contribution in [1.29, 1.82) is 0 Å².